The Bertz CT molecular complexity index is 953. The highest BCUT2D eigenvalue weighted by Crippen LogP contribution is 2.32. The molecule has 7 heteroatoms. The second-order valence-electron chi connectivity index (χ2n) is 6.35. The number of amides is 1. The number of aryl methyl sites for hydroxylation is 1. The van der Waals surface area contributed by atoms with Gasteiger partial charge < -0.3 is 10.4 Å². The third-order valence-corrected chi connectivity index (χ3v) is 5.29. The van der Waals surface area contributed by atoms with E-state index >= 15 is 0 Å². The molecule has 0 aliphatic rings. The zero-order valence-corrected chi connectivity index (χ0v) is 16.3. The molecule has 2 aromatic heterocycles. The molecule has 0 saturated heterocycles. The monoisotopic (exact) mass is 395 g/mol. The summed E-state index contributed by atoms with van der Waals surface area (Å²) >= 11 is 1.13. The third kappa shape index (κ3) is 4.80. The van der Waals surface area contributed by atoms with Crippen molar-refractivity contribution < 1.29 is 14.7 Å². The number of aromatic nitrogens is 2. The molecule has 6 nitrogen and oxygen atoms in total. The van der Waals surface area contributed by atoms with Gasteiger partial charge in [-0.1, -0.05) is 43.2 Å². The number of benzene rings is 1. The Hall–Kier alpha value is -3.06. The summed E-state index contributed by atoms with van der Waals surface area (Å²) in [6.45, 7) is 2.17. The van der Waals surface area contributed by atoms with E-state index in [2.05, 4.69) is 22.2 Å². The van der Waals surface area contributed by atoms with Crippen LogP contribution in [0, 0.1) is 0 Å². The minimum absolute atomic E-state index is 0.165. The van der Waals surface area contributed by atoms with Gasteiger partial charge in [0.15, 0.2) is 5.69 Å². The van der Waals surface area contributed by atoms with Gasteiger partial charge in [-0.3, -0.25) is 9.78 Å². The molecule has 3 rings (SSSR count). The standard InChI is InChI=1S/C21H21N3O3S/c1-2-3-4-5-14-6-8-15(9-7-14)18(25)24-20-17(21(26)27)23-19(28-20)16-10-12-22-13-11-16/h6-13H,2-5H2,1H3,(H,24,25)(H,26,27). The van der Waals surface area contributed by atoms with Crippen LogP contribution >= 0.6 is 11.3 Å². The van der Waals surface area contributed by atoms with Crippen LogP contribution in [0.5, 0.6) is 0 Å². The van der Waals surface area contributed by atoms with E-state index in [4.69, 9.17) is 0 Å². The highest BCUT2D eigenvalue weighted by atomic mass is 32.1. The number of aromatic carboxylic acids is 1. The van der Waals surface area contributed by atoms with E-state index < -0.39 is 5.97 Å². The lowest BCUT2D eigenvalue weighted by Crippen LogP contribution is -2.13. The summed E-state index contributed by atoms with van der Waals surface area (Å²) in [6.07, 6.45) is 7.69. The van der Waals surface area contributed by atoms with Gasteiger partial charge in [-0.15, -0.1) is 0 Å². The number of hydrogen-bond donors (Lipinski definition) is 2. The summed E-state index contributed by atoms with van der Waals surface area (Å²) in [5.41, 5.74) is 2.25. The minimum atomic E-state index is -1.18. The Kier molecular flexibility index (Phi) is 6.49. The first kappa shape index (κ1) is 19.7. The number of carbonyl (C=O) groups excluding carboxylic acids is 1. The molecule has 28 heavy (non-hydrogen) atoms. The SMILES string of the molecule is CCCCCc1ccc(C(=O)Nc2sc(-c3ccncc3)nc2C(=O)O)cc1. The van der Waals surface area contributed by atoms with Crippen molar-refractivity contribution >= 4 is 28.2 Å². The summed E-state index contributed by atoms with van der Waals surface area (Å²) in [6, 6.07) is 10.9. The van der Waals surface area contributed by atoms with E-state index in [1.165, 1.54) is 18.4 Å². The molecule has 0 unspecified atom stereocenters. The van der Waals surface area contributed by atoms with Crippen molar-refractivity contribution in [3.8, 4) is 10.6 Å². The zero-order valence-electron chi connectivity index (χ0n) is 15.5. The Morgan fingerprint density at radius 1 is 1.07 bits per heavy atom. The second-order valence-corrected chi connectivity index (χ2v) is 7.35. The van der Waals surface area contributed by atoms with Crippen molar-refractivity contribution in [1.29, 1.82) is 0 Å². The molecule has 0 saturated carbocycles. The molecule has 1 amide bonds. The molecule has 1 aromatic carbocycles. The maximum Gasteiger partial charge on any atom is 0.357 e. The number of nitrogens with zero attached hydrogens (tertiary/aromatic N) is 2. The molecular weight excluding hydrogens is 374 g/mol. The zero-order chi connectivity index (χ0) is 19.9. The molecule has 2 heterocycles. The fourth-order valence-electron chi connectivity index (χ4n) is 2.74. The summed E-state index contributed by atoms with van der Waals surface area (Å²) < 4.78 is 0. The molecule has 0 aliphatic carbocycles. The molecule has 0 spiro atoms. The second kappa shape index (κ2) is 9.23. The van der Waals surface area contributed by atoms with Crippen LogP contribution in [0.3, 0.4) is 0 Å². The molecule has 3 aromatic rings. The van der Waals surface area contributed by atoms with Crippen LogP contribution in [0.1, 0.15) is 52.6 Å². The number of carboxylic acids is 1. The van der Waals surface area contributed by atoms with E-state index in [1.807, 2.05) is 12.1 Å². The molecule has 0 fully saturated rings. The van der Waals surface area contributed by atoms with Crippen molar-refractivity contribution in [3.63, 3.8) is 0 Å². The quantitative estimate of drug-likeness (QED) is 0.530. The fourth-order valence-corrected chi connectivity index (χ4v) is 3.70. The van der Waals surface area contributed by atoms with Gasteiger partial charge in [0.2, 0.25) is 0 Å². The van der Waals surface area contributed by atoms with Crippen LogP contribution in [0.15, 0.2) is 48.8 Å². The number of anilines is 1. The van der Waals surface area contributed by atoms with Crippen LogP contribution in [0.4, 0.5) is 5.00 Å². The average molecular weight is 395 g/mol. The first-order valence-electron chi connectivity index (χ1n) is 9.13. The van der Waals surface area contributed by atoms with Crippen molar-refractivity contribution in [2.75, 3.05) is 5.32 Å². The molecule has 0 radical (unpaired) electrons. The van der Waals surface area contributed by atoms with E-state index in [0.29, 0.717) is 10.6 Å². The van der Waals surface area contributed by atoms with Crippen LogP contribution in [-0.2, 0) is 6.42 Å². The Morgan fingerprint density at radius 2 is 1.79 bits per heavy atom. The third-order valence-electron chi connectivity index (χ3n) is 4.27. The number of unbranched alkanes of at least 4 members (excludes halogenated alkanes) is 2. The molecule has 0 atom stereocenters. The van der Waals surface area contributed by atoms with Gasteiger partial charge in [-0.2, -0.15) is 0 Å². The normalized spacial score (nSPS) is 10.6. The van der Waals surface area contributed by atoms with Gasteiger partial charge in [-0.25, -0.2) is 9.78 Å². The van der Waals surface area contributed by atoms with E-state index in [0.717, 1.165) is 29.7 Å². The van der Waals surface area contributed by atoms with Crippen molar-refractivity contribution in [2.45, 2.75) is 32.6 Å². The lowest BCUT2D eigenvalue weighted by molar-refractivity contribution is 0.0692. The summed E-state index contributed by atoms with van der Waals surface area (Å²) in [5.74, 6) is -1.54. The first-order chi connectivity index (χ1) is 13.6. The van der Waals surface area contributed by atoms with E-state index in [-0.39, 0.29) is 16.6 Å². The topological polar surface area (TPSA) is 92.2 Å². The fraction of sp³-hybridized carbons (Fsp3) is 0.238. The number of rotatable bonds is 8. The Labute approximate surface area is 167 Å². The average Bonchev–Trinajstić information content (AvgIpc) is 3.13. The number of carboxylic acid groups (broad SMARTS) is 1. The summed E-state index contributed by atoms with van der Waals surface area (Å²) in [4.78, 5) is 32.2. The molecular formula is C21H21N3O3S. The largest absolute Gasteiger partial charge is 0.476 e. The lowest BCUT2D eigenvalue weighted by Gasteiger charge is -2.05. The smallest absolute Gasteiger partial charge is 0.357 e. The lowest BCUT2D eigenvalue weighted by atomic mass is 10.1. The molecule has 144 valence electrons. The Balaban J connectivity index is 1.76. The van der Waals surface area contributed by atoms with Gasteiger partial charge in [0.05, 0.1) is 0 Å². The van der Waals surface area contributed by atoms with E-state index in [1.54, 1.807) is 36.7 Å². The van der Waals surface area contributed by atoms with Crippen molar-refractivity contribution in [1.82, 2.24) is 9.97 Å². The van der Waals surface area contributed by atoms with Crippen molar-refractivity contribution in [2.24, 2.45) is 0 Å². The minimum Gasteiger partial charge on any atom is -0.476 e. The van der Waals surface area contributed by atoms with E-state index in [9.17, 15) is 14.7 Å². The van der Waals surface area contributed by atoms with Crippen LogP contribution in [0.25, 0.3) is 10.6 Å². The van der Waals surface area contributed by atoms with Gasteiger partial charge in [-0.05, 0) is 42.7 Å². The molecule has 0 bridgehead atoms. The maximum absolute atomic E-state index is 12.6. The summed E-state index contributed by atoms with van der Waals surface area (Å²) in [5, 5.41) is 12.9. The number of thiazole rings is 1. The van der Waals surface area contributed by atoms with Crippen molar-refractivity contribution in [3.05, 3.63) is 65.6 Å². The summed E-state index contributed by atoms with van der Waals surface area (Å²) in [7, 11) is 0. The van der Waals surface area contributed by atoms with Gasteiger partial charge >= 0.3 is 5.97 Å². The van der Waals surface area contributed by atoms with Gasteiger partial charge in [0.25, 0.3) is 5.91 Å². The highest BCUT2D eigenvalue weighted by Gasteiger charge is 2.20. The first-order valence-corrected chi connectivity index (χ1v) is 9.95. The maximum atomic E-state index is 12.6. The highest BCUT2D eigenvalue weighted by molar-refractivity contribution is 7.19. The molecule has 2 N–H and O–H groups in total. The Morgan fingerprint density at radius 3 is 2.43 bits per heavy atom. The number of carbonyl (C=O) groups is 2. The van der Waals surface area contributed by atoms with Crippen LogP contribution in [0.2, 0.25) is 0 Å². The number of pyridine rings is 1. The predicted octanol–water partition coefficient (Wildman–Crippen LogP) is 4.89. The number of hydrogen-bond acceptors (Lipinski definition) is 5. The predicted molar refractivity (Wildman–Crippen MR) is 110 cm³/mol. The number of nitrogens with one attached hydrogen (secondary N) is 1. The molecule has 0 aliphatic heterocycles. The van der Waals surface area contributed by atoms with Crippen LogP contribution in [-0.4, -0.2) is 27.0 Å². The van der Waals surface area contributed by atoms with Crippen LogP contribution < -0.4 is 5.32 Å². The van der Waals surface area contributed by atoms with Gasteiger partial charge in [0, 0.05) is 23.5 Å². The van der Waals surface area contributed by atoms with Gasteiger partial charge in [0.1, 0.15) is 10.0 Å².